The first-order chi connectivity index (χ1) is 8.00. The van der Waals surface area contributed by atoms with Crippen molar-refractivity contribution in [2.45, 2.75) is 31.6 Å². The molecule has 94 valence electrons. The second kappa shape index (κ2) is 3.43. The number of epoxide rings is 2. The van der Waals surface area contributed by atoms with Gasteiger partial charge in [-0.25, -0.2) is 4.79 Å². The summed E-state index contributed by atoms with van der Waals surface area (Å²) in [4.78, 5) is 27.3. The Balaban J connectivity index is 1.77. The van der Waals surface area contributed by atoms with E-state index in [4.69, 9.17) is 9.47 Å². The van der Waals surface area contributed by atoms with Crippen molar-refractivity contribution in [1.29, 1.82) is 0 Å². The van der Waals surface area contributed by atoms with E-state index in [0.717, 1.165) is 0 Å². The molecular weight excluding hydrogens is 224 g/mol. The molecule has 17 heavy (non-hydrogen) atoms. The summed E-state index contributed by atoms with van der Waals surface area (Å²) in [6.07, 6.45) is 0.138. The maximum Gasteiger partial charge on any atom is 0.327 e. The monoisotopic (exact) mass is 240 g/mol. The van der Waals surface area contributed by atoms with Gasteiger partial charge in [0.25, 0.3) is 5.91 Å². The normalized spacial score (nSPS) is 34.5. The average Bonchev–Trinajstić information content (AvgIpc) is 3.12. The van der Waals surface area contributed by atoms with Crippen LogP contribution in [0.3, 0.4) is 0 Å². The van der Waals surface area contributed by atoms with Gasteiger partial charge in [0.2, 0.25) is 0 Å². The lowest BCUT2D eigenvalue weighted by Gasteiger charge is -2.26. The summed E-state index contributed by atoms with van der Waals surface area (Å²) in [7, 11) is 0. The summed E-state index contributed by atoms with van der Waals surface area (Å²) >= 11 is 0. The first-order valence-electron chi connectivity index (χ1n) is 5.87. The minimum absolute atomic E-state index is 0.0378. The fraction of sp³-hybridized carbons (Fsp3) is 0.818. The van der Waals surface area contributed by atoms with Crippen LogP contribution in [-0.2, 0) is 14.3 Å². The minimum Gasteiger partial charge on any atom is -0.371 e. The standard InChI is InChI=1S/C11H16N2O4/c1-11(2)9(14)12(3-7-5-16-7)10(15)13(11)4-8-6-17-8/h7-8H,3-6H2,1-2H3/t7-,8+/m0/s1. The molecule has 2 atom stereocenters. The molecule has 3 saturated heterocycles. The smallest absolute Gasteiger partial charge is 0.327 e. The second-order valence-electron chi connectivity index (χ2n) is 5.28. The molecule has 3 aliphatic heterocycles. The third-order valence-electron chi connectivity index (χ3n) is 3.48. The Morgan fingerprint density at radius 3 is 2.24 bits per heavy atom. The third-order valence-corrected chi connectivity index (χ3v) is 3.48. The number of urea groups is 1. The highest BCUT2D eigenvalue weighted by molar-refractivity contribution is 6.06. The van der Waals surface area contributed by atoms with Crippen molar-refractivity contribution in [2.24, 2.45) is 0 Å². The number of amides is 3. The molecule has 3 fully saturated rings. The molecular formula is C11H16N2O4. The summed E-state index contributed by atoms with van der Waals surface area (Å²) in [6, 6.07) is -0.217. The first kappa shape index (κ1) is 11.0. The van der Waals surface area contributed by atoms with Gasteiger partial charge >= 0.3 is 6.03 Å². The molecule has 0 aliphatic carbocycles. The molecule has 6 heteroatoms. The fourth-order valence-electron chi connectivity index (χ4n) is 2.14. The van der Waals surface area contributed by atoms with E-state index in [9.17, 15) is 9.59 Å². The number of carbonyl (C=O) groups is 2. The van der Waals surface area contributed by atoms with Crippen molar-refractivity contribution in [3.05, 3.63) is 0 Å². The highest BCUT2D eigenvalue weighted by atomic mass is 16.6. The zero-order chi connectivity index (χ0) is 12.2. The van der Waals surface area contributed by atoms with Crippen LogP contribution in [0.1, 0.15) is 13.8 Å². The predicted molar refractivity (Wildman–Crippen MR) is 57.4 cm³/mol. The van der Waals surface area contributed by atoms with Crippen molar-refractivity contribution in [1.82, 2.24) is 9.80 Å². The molecule has 3 aliphatic rings. The molecule has 0 aromatic rings. The number of imide groups is 1. The second-order valence-corrected chi connectivity index (χ2v) is 5.28. The largest absolute Gasteiger partial charge is 0.371 e. The maximum atomic E-state index is 12.2. The van der Waals surface area contributed by atoms with E-state index in [1.165, 1.54) is 4.90 Å². The summed E-state index contributed by atoms with van der Waals surface area (Å²) in [5, 5.41) is 0. The Morgan fingerprint density at radius 2 is 1.71 bits per heavy atom. The predicted octanol–water partition coefficient (Wildman–Crippen LogP) is -0.173. The van der Waals surface area contributed by atoms with Crippen LogP contribution in [0.4, 0.5) is 4.79 Å². The average molecular weight is 240 g/mol. The van der Waals surface area contributed by atoms with Gasteiger partial charge in [-0.3, -0.25) is 9.69 Å². The van der Waals surface area contributed by atoms with Crippen LogP contribution in [-0.4, -0.2) is 65.8 Å². The molecule has 3 amide bonds. The molecule has 0 radical (unpaired) electrons. The zero-order valence-electron chi connectivity index (χ0n) is 10.0. The van der Waals surface area contributed by atoms with Gasteiger partial charge in [-0.1, -0.05) is 0 Å². The highest BCUT2D eigenvalue weighted by Gasteiger charge is 2.53. The number of carbonyl (C=O) groups excluding carboxylic acids is 2. The van der Waals surface area contributed by atoms with Crippen LogP contribution >= 0.6 is 0 Å². The third kappa shape index (κ3) is 1.81. The van der Waals surface area contributed by atoms with Gasteiger partial charge < -0.3 is 14.4 Å². The van der Waals surface area contributed by atoms with Gasteiger partial charge in [-0.15, -0.1) is 0 Å². The highest BCUT2D eigenvalue weighted by Crippen LogP contribution is 2.30. The minimum atomic E-state index is -0.766. The number of hydrogen-bond acceptors (Lipinski definition) is 4. The van der Waals surface area contributed by atoms with Crippen LogP contribution in [0, 0.1) is 0 Å². The molecule has 0 spiro atoms. The topological polar surface area (TPSA) is 65.7 Å². The molecule has 6 nitrogen and oxygen atoms in total. The van der Waals surface area contributed by atoms with Crippen LogP contribution < -0.4 is 0 Å². The van der Waals surface area contributed by atoms with Gasteiger partial charge in [-0.2, -0.15) is 0 Å². The number of ether oxygens (including phenoxy) is 2. The van der Waals surface area contributed by atoms with E-state index >= 15 is 0 Å². The van der Waals surface area contributed by atoms with E-state index in [0.29, 0.717) is 26.3 Å². The molecule has 0 unspecified atom stereocenters. The number of hydrogen-bond donors (Lipinski definition) is 0. The van der Waals surface area contributed by atoms with Crippen molar-refractivity contribution >= 4 is 11.9 Å². The van der Waals surface area contributed by atoms with Crippen molar-refractivity contribution < 1.29 is 19.1 Å². The molecule has 0 N–H and O–H groups in total. The molecule has 0 saturated carbocycles. The Labute approximate surface area is 99.4 Å². The summed E-state index contributed by atoms with van der Waals surface area (Å²) in [6.45, 7) is 5.76. The quantitative estimate of drug-likeness (QED) is 0.505. The van der Waals surface area contributed by atoms with Crippen LogP contribution in [0.15, 0.2) is 0 Å². The molecule has 0 bridgehead atoms. The lowest BCUT2D eigenvalue weighted by atomic mass is 10.0. The lowest BCUT2D eigenvalue weighted by molar-refractivity contribution is -0.132. The van der Waals surface area contributed by atoms with Gasteiger partial charge in [0.05, 0.1) is 38.5 Å². The van der Waals surface area contributed by atoms with Crippen LogP contribution in [0.2, 0.25) is 0 Å². The van der Waals surface area contributed by atoms with Crippen LogP contribution in [0.5, 0.6) is 0 Å². The van der Waals surface area contributed by atoms with Gasteiger partial charge in [-0.05, 0) is 13.8 Å². The van der Waals surface area contributed by atoms with Gasteiger partial charge in [0.15, 0.2) is 0 Å². The zero-order valence-corrected chi connectivity index (χ0v) is 10.0. The van der Waals surface area contributed by atoms with E-state index in [1.807, 2.05) is 0 Å². The lowest BCUT2D eigenvalue weighted by Crippen LogP contribution is -2.45. The Hall–Kier alpha value is -1.14. The molecule has 3 rings (SSSR count). The maximum absolute atomic E-state index is 12.2. The number of rotatable bonds is 4. The Morgan fingerprint density at radius 1 is 1.18 bits per heavy atom. The van der Waals surface area contributed by atoms with Crippen molar-refractivity contribution in [2.75, 3.05) is 26.3 Å². The van der Waals surface area contributed by atoms with E-state index < -0.39 is 5.54 Å². The number of nitrogens with zero attached hydrogens (tertiary/aromatic N) is 2. The molecule has 0 aromatic carbocycles. The van der Waals surface area contributed by atoms with Crippen molar-refractivity contribution in [3.63, 3.8) is 0 Å². The summed E-state index contributed by atoms with van der Waals surface area (Å²) < 4.78 is 10.2. The van der Waals surface area contributed by atoms with E-state index in [-0.39, 0.29) is 24.1 Å². The Bertz CT molecular complexity index is 374. The molecule has 3 heterocycles. The summed E-state index contributed by atoms with van der Waals surface area (Å²) in [5.41, 5.74) is -0.766. The van der Waals surface area contributed by atoms with E-state index in [1.54, 1.807) is 18.7 Å². The molecule has 0 aromatic heterocycles. The van der Waals surface area contributed by atoms with Gasteiger partial charge in [0.1, 0.15) is 5.54 Å². The van der Waals surface area contributed by atoms with Crippen LogP contribution in [0.25, 0.3) is 0 Å². The first-order valence-corrected chi connectivity index (χ1v) is 5.87. The SMILES string of the molecule is CC1(C)C(=O)N(C[C@H]2CO2)C(=O)N1C[C@@H]1CO1. The fourth-order valence-corrected chi connectivity index (χ4v) is 2.14. The summed E-state index contributed by atoms with van der Waals surface area (Å²) in [5.74, 6) is -0.140. The van der Waals surface area contributed by atoms with Crippen molar-refractivity contribution in [3.8, 4) is 0 Å². The van der Waals surface area contributed by atoms with Gasteiger partial charge in [0, 0.05) is 0 Å². The van der Waals surface area contributed by atoms with E-state index in [2.05, 4.69) is 0 Å². The Kier molecular flexibility index (Phi) is 2.21.